The maximum Gasteiger partial charge on any atom is 0.261 e. The van der Waals surface area contributed by atoms with Crippen LogP contribution < -0.4 is 5.32 Å². The number of aryl methyl sites for hydroxylation is 2. The van der Waals surface area contributed by atoms with Crippen LogP contribution in [0, 0.1) is 0 Å². The Morgan fingerprint density at radius 2 is 1.82 bits per heavy atom. The summed E-state index contributed by atoms with van der Waals surface area (Å²) in [5.74, 6) is -0.0654. The molecule has 1 N–H and O–H groups in total. The number of hydrogen-bond acceptors (Lipinski definition) is 5. The molecule has 1 aliphatic heterocycles. The Balaban J connectivity index is 1.38. The first kappa shape index (κ1) is 19.6. The van der Waals surface area contributed by atoms with E-state index in [-0.39, 0.29) is 10.8 Å². The molecule has 28 heavy (non-hydrogen) atoms. The average molecular weight is 421 g/mol. The van der Waals surface area contributed by atoms with Crippen molar-refractivity contribution >= 4 is 27.3 Å². The molecule has 2 aromatic rings. The highest BCUT2D eigenvalue weighted by molar-refractivity contribution is 7.89. The third-order valence-electron chi connectivity index (χ3n) is 5.20. The van der Waals surface area contributed by atoms with E-state index in [1.54, 1.807) is 35.6 Å². The van der Waals surface area contributed by atoms with Crippen LogP contribution in [0.4, 0.5) is 0 Å². The highest BCUT2D eigenvalue weighted by Gasteiger charge is 2.26. The topological polar surface area (TPSA) is 75.7 Å². The quantitative estimate of drug-likeness (QED) is 0.807. The Morgan fingerprint density at radius 1 is 1.11 bits per heavy atom. The zero-order chi connectivity index (χ0) is 19.6. The van der Waals surface area contributed by atoms with Crippen LogP contribution in [0.1, 0.15) is 38.5 Å². The van der Waals surface area contributed by atoms with Crippen molar-refractivity contribution in [2.75, 3.05) is 26.3 Å². The van der Waals surface area contributed by atoms with Crippen LogP contribution in [0.25, 0.3) is 0 Å². The molecule has 1 aliphatic carbocycles. The van der Waals surface area contributed by atoms with Gasteiger partial charge in [-0.2, -0.15) is 4.31 Å². The van der Waals surface area contributed by atoms with E-state index in [2.05, 4.69) is 5.32 Å². The number of ether oxygens (including phenoxy) is 1. The summed E-state index contributed by atoms with van der Waals surface area (Å²) in [6, 6.07) is 8.75. The van der Waals surface area contributed by atoms with Crippen molar-refractivity contribution in [3.8, 4) is 0 Å². The average Bonchev–Trinajstić information content (AvgIpc) is 3.17. The molecule has 2 aliphatic rings. The van der Waals surface area contributed by atoms with Crippen LogP contribution in [-0.4, -0.2) is 44.9 Å². The maximum absolute atomic E-state index is 12.6. The van der Waals surface area contributed by atoms with Crippen molar-refractivity contribution in [1.82, 2.24) is 9.62 Å². The number of benzene rings is 1. The molecule has 1 amide bonds. The lowest BCUT2D eigenvalue weighted by Crippen LogP contribution is -2.40. The molecule has 0 bridgehead atoms. The van der Waals surface area contributed by atoms with Crippen LogP contribution in [0.5, 0.6) is 0 Å². The fraction of sp³-hybridized carbons (Fsp3) is 0.450. The first-order valence-corrected chi connectivity index (χ1v) is 11.9. The fourth-order valence-corrected chi connectivity index (χ4v) is 6.17. The predicted molar refractivity (Wildman–Crippen MR) is 108 cm³/mol. The molecule has 2 heterocycles. The lowest BCUT2D eigenvalue weighted by molar-refractivity contribution is 0.0730. The van der Waals surface area contributed by atoms with Crippen molar-refractivity contribution in [3.05, 3.63) is 51.2 Å². The Hall–Kier alpha value is -1.74. The summed E-state index contributed by atoms with van der Waals surface area (Å²) < 4.78 is 32.0. The highest BCUT2D eigenvalue weighted by atomic mass is 32.2. The number of hydrogen-bond donors (Lipinski definition) is 1. The highest BCUT2D eigenvalue weighted by Crippen LogP contribution is 2.29. The lowest BCUT2D eigenvalue weighted by Gasteiger charge is -2.26. The molecular formula is C20H24N2O4S2. The van der Waals surface area contributed by atoms with Gasteiger partial charge in [-0.1, -0.05) is 12.1 Å². The normalized spacial score (nSPS) is 17.9. The third-order valence-corrected chi connectivity index (χ3v) is 8.35. The van der Waals surface area contributed by atoms with Gasteiger partial charge in [-0.25, -0.2) is 8.42 Å². The minimum absolute atomic E-state index is 0.0654. The van der Waals surface area contributed by atoms with Gasteiger partial charge in [0, 0.05) is 24.5 Å². The second kappa shape index (κ2) is 8.32. The molecule has 6 nitrogen and oxygen atoms in total. The summed E-state index contributed by atoms with van der Waals surface area (Å²) in [4.78, 5) is 14.8. The second-order valence-corrected chi connectivity index (χ2v) is 10.2. The van der Waals surface area contributed by atoms with Crippen LogP contribution in [-0.2, 0) is 34.1 Å². The Labute approximate surface area is 169 Å². The van der Waals surface area contributed by atoms with E-state index in [0.29, 0.717) is 32.8 Å². The van der Waals surface area contributed by atoms with E-state index >= 15 is 0 Å². The van der Waals surface area contributed by atoms with Gasteiger partial charge < -0.3 is 10.1 Å². The van der Waals surface area contributed by atoms with Crippen LogP contribution in [0.2, 0.25) is 0 Å². The van der Waals surface area contributed by atoms with Gasteiger partial charge in [0.25, 0.3) is 5.91 Å². The Bertz CT molecular complexity index is 922. The number of carbonyl (C=O) groups is 1. The summed E-state index contributed by atoms with van der Waals surface area (Å²) >= 11 is 1.59. The SMILES string of the molecule is O=C(NCc1ccc(S(=O)(=O)N2CCOCC2)cc1)c1cc2c(s1)CCCC2. The van der Waals surface area contributed by atoms with Crippen LogP contribution in [0.3, 0.4) is 0 Å². The van der Waals surface area contributed by atoms with Gasteiger partial charge >= 0.3 is 0 Å². The van der Waals surface area contributed by atoms with Crippen molar-refractivity contribution in [3.63, 3.8) is 0 Å². The summed E-state index contributed by atoms with van der Waals surface area (Å²) in [7, 11) is -3.49. The van der Waals surface area contributed by atoms with Gasteiger partial charge in [-0.15, -0.1) is 11.3 Å². The molecule has 1 fully saturated rings. The Morgan fingerprint density at radius 3 is 2.54 bits per heavy atom. The molecule has 8 heteroatoms. The molecule has 0 radical (unpaired) electrons. The predicted octanol–water partition coefficient (Wildman–Crippen LogP) is 2.58. The minimum atomic E-state index is -3.49. The van der Waals surface area contributed by atoms with Crippen LogP contribution in [0.15, 0.2) is 35.2 Å². The Kier molecular flexibility index (Phi) is 5.82. The second-order valence-electron chi connectivity index (χ2n) is 7.11. The molecule has 150 valence electrons. The molecule has 1 aromatic carbocycles. The van der Waals surface area contributed by atoms with E-state index < -0.39 is 10.0 Å². The fourth-order valence-electron chi connectivity index (χ4n) is 3.59. The van der Waals surface area contributed by atoms with E-state index in [4.69, 9.17) is 4.74 Å². The van der Waals surface area contributed by atoms with Gasteiger partial charge in [0.15, 0.2) is 0 Å². The number of morpholine rings is 1. The zero-order valence-electron chi connectivity index (χ0n) is 15.6. The van der Waals surface area contributed by atoms with E-state index in [9.17, 15) is 13.2 Å². The first-order chi connectivity index (χ1) is 13.5. The molecule has 4 rings (SSSR count). The number of sulfonamides is 1. The van der Waals surface area contributed by atoms with Crippen molar-refractivity contribution in [2.24, 2.45) is 0 Å². The largest absolute Gasteiger partial charge is 0.379 e. The maximum atomic E-state index is 12.6. The van der Waals surface area contributed by atoms with E-state index in [0.717, 1.165) is 23.3 Å². The third kappa shape index (κ3) is 4.15. The number of thiophene rings is 1. The molecule has 0 saturated carbocycles. The summed E-state index contributed by atoms with van der Waals surface area (Å²) in [5, 5.41) is 2.94. The summed E-state index contributed by atoms with van der Waals surface area (Å²) in [6.07, 6.45) is 4.54. The molecule has 1 aromatic heterocycles. The van der Waals surface area contributed by atoms with Crippen molar-refractivity contribution in [1.29, 1.82) is 0 Å². The van der Waals surface area contributed by atoms with E-state index in [1.807, 2.05) is 6.07 Å². The van der Waals surface area contributed by atoms with Crippen LogP contribution >= 0.6 is 11.3 Å². The number of nitrogens with zero attached hydrogens (tertiary/aromatic N) is 1. The smallest absolute Gasteiger partial charge is 0.261 e. The zero-order valence-corrected chi connectivity index (χ0v) is 17.3. The monoisotopic (exact) mass is 420 g/mol. The van der Waals surface area contributed by atoms with Gasteiger partial charge in [0.2, 0.25) is 10.0 Å². The number of amides is 1. The molecule has 1 saturated heterocycles. The van der Waals surface area contributed by atoms with Gasteiger partial charge in [0.05, 0.1) is 23.0 Å². The first-order valence-electron chi connectivity index (χ1n) is 9.61. The lowest BCUT2D eigenvalue weighted by atomic mass is 9.99. The number of fused-ring (bicyclic) bond motifs is 1. The molecular weight excluding hydrogens is 396 g/mol. The molecule has 0 spiro atoms. The number of nitrogens with one attached hydrogen (secondary N) is 1. The molecule has 0 atom stereocenters. The van der Waals surface area contributed by atoms with Gasteiger partial charge in [0.1, 0.15) is 0 Å². The van der Waals surface area contributed by atoms with Crippen molar-refractivity contribution in [2.45, 2.75) is 37.1 Å². The van der Waals surface area contributed by atoms with Crippen molar-refractivity contribution < 1.29 is 17.9 Å². The van der Waals surface area contributed by atoms with Gasteiger partial charge in [-0.3, -0.25) is 4.79 Å². The molecule has 0 unspecified atom stereocenters. The summed E-state index contributed by atoms with van der Waals surface area (Å²) in [5.41, 5.74) is 2.19. The van der Waals surface area contributed by atoms with E-state index in [1.165, 1.54) is 27.6 Å². The number of carbonyl (C=O) groups excluding carboxylic acids is 1. The standard InChI is InChI=1S/C20H24N2O4S2/c23-20(19-13-16-3-1-2-4-18(16)27-19)21-14-15-5-7-17(8-6-15)28(24,25)22-9-11-26-12-10-22/h5-8,13H,1-4,9-12,14H2,(H,21,23). The minimum Gasteiger partial charge on any atom is -0.379 e. The number of rotatable bonds is 5. The van der Waals surface area contributed by atoms with Gasteiger partial charge in [-0.05, 0) is 55.0 Å². The summed E-state index contributed by atoms with van der Waals surface area (Å²) in [6.45, 7) is 1.99.